The number of nitriles is 1. The Morgan fingerprint density at radius 1 is 1.09 bits per heavy atom. The number of carbonyl (C=O) groups is 2. The molecular formula is C23H30F2N4O3. The van der Waals surface area contributed by atoms with Gasteiger partial charge in [-0.05, 0) is 30.9 Å². The summed E-state index contributed by atoms with van der Waals surface area (Å²) in [5.41, 5.74) is 0.0748. The van der Waals surface area contributed by atoms with Gasteiger partial charge in [-0.2, -0.15) is 14.0 Å². The molecule has 2 aliphatic heterocycles. The Morgan fingerprint density at radius 2 is 1.78 bits per heavy atom. The molecule has 32 heavy (non-hydrogen) atoms. The van der Waals surface area contributed by atoms with Crippen molar-refractivity contribution in [2.24, 2.45) is 11.8 Å². The molecule has 174 valence electrons. The van der Waals surface area contributed by atoms with Crippen molar-refractivity contribution in [3.05, 3.63) is 29.8 Å². The summed E-state index contributed by atoms with van der Waals surface area (Å²) in [6, 6.07) is 8.13. The maximum atomic E-state index is 13.1. The number of alkyl halides is 2. The van der Waals surface area contributed by atoms with Crippen molar-refractivity contribution >= 4 is 11.8 Å². The predicted octanol–water partition coefficient (Wildman–Crippen LogP) is 2.83. The zero-order valence-corrected chi connectivity index (χ0v) is 18.5. The molecule has 3 rings (SSSR count). The van der Waals surface area contributed by atoms with Crippen LogP contribution in [-0.2, 0) is 4.79 Å². The number of nitrogens with zero attached hydrogens (tertiary/aromatic N) is 4. The zero-order valence-electron chi connectivity index (χ0n) is 18.5. The van der Waals surface area contributed by atoms with E-state index in [9.17, 15) is 23.6 Å². The second kappa shape index (κ2) is 10.7. The fourth-order valence-electron chi connectivity index (χ4n) is 4.51. The summed E-state index contributed by atoms with van der Waals surface area (Å²) >= 11 is 0. The quantitative estimate of drug-likeness (QED) is 0.669. The Morgan fingerprint density at radius 3 is 2.41 bits per heavy atom. The molecule has 2 unspecified atom stereocenters. The lowest BCUT2D eigenvalue weighted by Crippen LogP contribution is -2.55. The maximum Gasteiger partial charge on any atom is 0.387 e. The van der Waals surface area contributed by atoms with Crippen molar-refractivity contribution < 1.29 is 23.1 Å². The van der Waals surface area contributed by atoms with Gasteiger partial charge in [-0.25, -0.2) is 0 Å². The summed E-state index contributed by atoms with van der Waals surface area (Å²) in [5.74, 6) is -0.652. The normalized spacial score (nSPS) is 20.8. The van der Waals surface area contributed by atoms with E-state index in [0.29, 0.717) is 45.6 Å². The summed E-state index contributed by atoms with van der Waals surface area (Å²) in [5, 5.41) is 9.41. The van der Waals surface area contributed by atoms with Crippen LogP contribution >= 0.6 is 0 Å². The third-order valence-corrected chi connectivity index (χ3v) is 6.17. The number of halogens is 2. The van der Waals surface area contributed by atoms with Crippen LogP contribution in [0.2, 0.25) is 0 Å². The van der Waals surface area contributed by atoms with Gasteiger partial charge in [0.2, 0.25) is 5.91 Å². The predicted molar refractivity (Wildman–Crippen MR) is 114 cm³/mol. The molecule has 2 amide bonds. The highest BCUT2D eigenvalue weighted by molar-refractivity contribution is 5.97. The van der Waals surface area contributed by atoms with E-state index in [2.05, 4.69) is 15.7 Å². The SMILES string of the molecule is CC(C)C(C#N)N1CCN(C(=O)C2CCCN(C(=O)c3ccccc3OC(F)F)C2)CC1. The monoisotopic (exact) mass is 448 g/mol. The van der Waals surface area contributed by atoms with E-state index in [4.69, 9.17) is 0 Å². The number of piperidine rings is 1. The molecule has 2 aliphatic rings. The molecule has 0 radical (unpaired) electrons. The second-order valence-electron chi connectivity index (χ2n) is 8.64. The van der Waals surface area contributed by atoms with Crippen molar-refractivity contribution in [1.29, 1.82) is 5.26 Å². The average molecular weight is 449 g/mol. The van der Waals surface area contributed by atoms with E-state index in [-0.39, 0.29) is 41.6 Å². The average Bonchev–Trinajstić information content (AvgIpc) is 2.79. The number of benzene rings is 1. The number of likely N-dealkylation sites (tertiary alicyclic amines) is 1. The lowest BCUT2D eigenvalue weighted by atomic mass is 9.95. The highest BCUT2D eigenvalue weighted by Crippen LogP contribution is 2.26. The number of rotatable bonds is 6. The number of amides is 2. The second-order valence-corrected chi connectivity index (χ2v) is 8.64. The van der Waals surface area contributed by atoms with Crippen molar-refractivity contribution in [3.8, 4) is 11.8 Å². The van der Waals surface area contributed by atoms with Gasteiger partial charge in [0.15, 0.2) is 0 Å². The van der Waals surface area contributed by atoms with Crippen LogP contribution in [0.5, 0.6) is 5.75 Å². The van der Waals surface area contributed by atoms with Gasteiger partial charge < -0.3 is 14.5 Å². The van der Waals surface area contributed by atoms with Crippen molar-refractivity contribution in [2.45, 2.75) is 39.3 Å². The van der Waals surface area contributed by atoms with Crippen LogP contribution < -0.4 is 4.74 Å². The summed E-state index contributed by atoms with van der Waals surface area (Å²) in [6.45, 7) is 4.15. The first-order valence-corrected chi connectivity index (χ1v) is 11.1. The molecule has 7 nitrogen and oxygen atoms in total. The highest BCUT2D eigenvalue weighted by Gasteiger charge is 2.35. The minimum absolute atomic E-state index is 0.0114. The first-order chi connectivity index (χ1) is 15.3. The Hall–Kier alpha value is -2.73. The molecule has 0 aromatic heterocycles. The van der Waals surface area contributed by atoms with Gasteiger partial charge in [0.1, 0.15) is 11.8 Å². The number of piperazine rings is 1. The minimum atomic E-state index is -3.02. The van der Waals surface area contributed by atoms with Crippen molar-refractivity contribution in [2.75, 3.05) is 39.3 Å². The Labute approximate surface area is 187 Å². The Kier molecular flexibility index (Phi) is 8.02. The Balaban J connectivity index is 1.61. The van der Waals surface area contributed by atoms with E-state index < -0.39 is 12.5 Å². The van der Waals surface area contributed by atoms with E-state index in [1.165, 1.54) is 18.2 Å². The number of hydrogen-bond acceptors (Lipinski definition) is 5. The Bertz CT molecular complexity index is 850. The van der Waals surface area contributed by atoms with Gasteiger partial charge in [-0.1, -0.05) is 26.0 Å². The van der Waals surface area contributed by atoms with E-state index in [1.807, 2.05) is 18.7 Å². The molecule has 0 bridgehead atoms. The first-order valence-electron chi connectivity index (χ1n) is 11.1. The molecule has 2 fully saturated rings. The van der Waals surface area contributed by atoms with Crippen LogP contribution in [0.4, 0.5) is 8.78 Å². The first kappa shape index (κ1) is 23.9. The molecule has 2 atom stereocenters. The van der Waals surface area contributed by atoms with Crippen molar-refractivity contribution in [3.63, 3.8) is 0 Å². The van der Waals surface area contributed by atoms with Crippen molar-refractivity contribution in [1.82, 2.24) is 14.7 Å². The van der Waals surface area contributed by atoms with Gasteiger partial charge >= 0.3 is 6.61 Å². The van der Waals surface area contributed by atoms with Crippen LogP contribution in [0, 0.1) is 23.2 Å². The van der Waals surface area contributed by atoms with Gasteiger partial charge in [0.25, 0.3) is 5.91 Å². The lowest BCUT2D eigenvalue weighted by Gasteiger charge is -2.40. The third kappa shape index (κ3) is 5.54. The van der Waals surface area contributed by atoms with Gasteiger partial charge in [0.05, 0.1) is 17.6 Å². The standard InChI is InChI=1S/C23H30F2N4O3/c1-16(2)19(14-26)27-10-12-28(13-11-27)21(30)17-6-5-9-29(15-17)22(31)18-7-3-4-8-20(18)32-23(24)25/h3-4,7-8,16-17,19,23H,5-6,9-13,15H2,1-2H3. The topological polar surface area (TPSA) is 76.9 Å². The number of carbonyl (C=O) groups excluding carboxylic acids is 2. The smallest absolute Gasteiger partial charge is 0.387 e. The molecule has 1 aromatic rings. The summed E-state index contributed by atoms with van der Waals surface area (Å²) in [6.07, 6.45) is 1.36. The summed E-state index contributed by atoms with van der Waals surface area (Å²) < 4.78 is 29.9. The zero-order chi connectivity index (χ0) is 23.3. The van der Waals surface area contributed by atoms with Crippen LogP contribution in [0.1, 0.15) is 37.0 Å². The van der Waals surface area contributed by atoms with Gasteiger partial charge in [-0.15, -0.1) is 0 Å². The third-order valence-electron chi connectivity index (χ3n) is 6.17. The summed E-state index contributed by atoms with van der Waals surface area (Å²) in [7, 11) is 0. The van der Waals surface area contributed by atoms with E-state index in [1.54, 1.807) is 11.0 Å². The van der Waals surface area contributed by atoms with Crippen LogP contribution in [-0.4, -0.2) is 78.4 Å². The molecule has 0 spiro atoms. The van der Waals surface area contributed by atoms with E-state index >= 15 is 0 Å². The lowest BCUT2D eigenvalue weighted by molar-refractivity contribution is -0.139. The molecule has 0 aliphatic carbocycles. The number of para-hydroxylation sites is 1. The largest absolute Gasteiger partial charge is 0.434 e. The van der Waals surface area contributed by atoms with E-state index in [0.717, 1.165) is 0 Å². The molecule has 1 aromatic carbocycles. The number of ether oxygens (including phenoxy) is 1. The molecule has 2 heterocycles. The molecule has 0 saturated carbocycles. The molecular weight excluding hydrogens is 418 g/mol. The van der Waals surface area contributed by atoms with Gasteiger partial charge in [-0.3, -0.25) is 14.5 Å². The maximum absolute atomic E-state index is 13.1. The van der Waals surface area contributed by atoms with Crippen LogP contribution in [0.3, 0.4) is 0 Å². The molecule has 9 heteroatoms. The minimum Gasteiger partial charge on any atom is -0.434 e. The van der Waals surface area contributed by atoms with Crippen LogP contribution in [0.15, 0.2) is 24.3 Å². The molecule has 0 N–H and O–H groups in total. The number of hydrogen-bond donors (Lipinski definition) is 0. The summed E-state index contributed by atoms with van der Waals surface area (Å²) in [4.78, 5) is 31.6. The molecule has 2 saturated heterocycles. The van der Waals surface area contributed by atoms with Gasteiger partial charge in [0, 0.05) is 39.3 Å². The fraction of sp³-hybridized carbons (Fsp3) is 0.609. The highest BCUT2D eigenvalue weighted by atomic mass is 19.3. The fourth-order valence-corrected chi connectivity index (χ4v) is 4.51. The van der Waals surface area contributed by atoms with Crippen LogP contribution in [0.25, 0.3) is 0 Å².